The Hall–Kier alpha value is -3.79. The summed E-state index contributed by atoms with van der Waals surface area (Å²) in [7, 11) is -1.39. The van der Waals surface area contributed by atoms with E-state index in [0.29, 0.717) is 11.5 Å². The fourth-order valence-corrected chi connectivity index (χ4v) is 4.64. The van der Waals surface area contributed by atoms with E-state index in [1.165, 1.54) is 44.6 Å². The summed E-state index contributed by atoms with van der Waals surface area (Å²) in [6, 6.07) is 16.4. The molecule has 3 rings (SSSR count). The highest BCUT2D eigenvalue weighted by Crippen LogP contribution is 2.32. The second-order valence-electron chi connectivity index (χ2n) is 7.52. The number of rotatable bonds is 11. The number of benzene rings is 3. The van der Waals surface area contributed by atoms with Crippen molar-refractivity contribution in [1.29, 1.82) is 0 Å². The van der Waals surface area contributed by atoms with E-state index < -0.39 is 28.3 Å². The molecule has 1 amide bonds. The van der Waals surface area contributed by atoms with E-state index in [0.717, 1.165) is 22.0 Å². The third kappa shape index (κ3) is 6.63. The standard InChI is InChI=1S/C25H27FN2O6S/c1-18-4-10-21(11-5-18)34-15-14-27-25(29)17-28(20-8-6-19(26)7-9-20)35(30,31)22-12-13-23(32-2)24(16-22)33-3/h4-13,16H,14-15,17H2,1-3H3,(H,27,29). The van der Waals surface area contributed by atoms with Crippen molar-refractivity contribution in [2.45, 2.75) is 11.8 Å². The first-order valence-corrected chi connectivity index (χ1v) is 12.1. The lowest BCUT2D eigenvalue weighted by molar-refractivity contribution is -0.119. The molecule has 0 atom stereocenters. The van der Waals surface area contributed by atoms with Crippen molar-refractivity contribution >= 4 is 21.6 Å². The van der Waals surface area contributed by atoms with Gasteiger partial charge in [0.2, 0.25) is 5.91 Å². The van der Waals surface area contributed by atoms with Crippen molar-refractivity contribution in [1.82, 2.24) is 5.32 Å². The molecule has 1 N–H and O–H groups in total. The normalized spacial score (nSPS) is 11.0. The first-order chi connectivity index (χ1) is 16.7. The molecule has 0 heterocycles. The molecule has 0 aromatic heterocycles. The molecule has 0 radical (unpaired) electrons. The van der Waals surface area contributed by atoms with Gasteiger partial charge in [-0.25, -0.2) is 12.8 Å². The number of amides is 1. The van der Waals surface area contributed by atoms with Gasteiger partial charge in [-0.1, -0.05) is 17.7 Å². The molecule has 0 aliphatic heterocycles. The molecule has 0 saturated carbocycles. The van der Waals surface area contributed by atoms with Gasteiger partial charge in [0.15, 0.2) is 11.5 Å². The quantitative estimate of drug-likeness (QED) is 0.403. The second kappa shape index (κ2) is 11.6. The van der Waals surface area contributed by atoms with E-state index in [1.54, 1.807) is 0 Å². The average Bonchev–Trinajstić information content (AvgIpc) is 2.86. The van der Waals surface area contributed by atoms with Crippen LogP contribution >= 0.6 is 0 Å². The SMILES string of the molecule is COc1ccc(S(=O)(=O)N(CC(=O)NCCOc2ccc(C)cc2)c2ccc(F)cc2)cc1OC. The number of hydrogen-bond acceptors (Lipinski definition) is 6. The Labute approximate surface area is 204 Å². The molecule has 0 fully saturated rings. The highest BCUT2D eigenvalue weighted by atomic mass is 32.2. The molecule has 10 heteroatoms. The lowest BCUT2D eigenvalue weighted by Crippen LogP contribution is -2.42. The number of sulfonamides is 1. The number of anilines is 1. The molecule has 0 saturated heterocycles. The minimum atomic E-state index is -4.21. The smallest absolute Gasteiger partial charge is 0.264 e. The number of methoxy groups -OCH3 is 2. The van der Waals surface area contributed by atoms with Crippen molar-refractivity contribution in [2.75, 3.05) is 38.2 Å². The number of halogens is 1. The maximum atomic E-state index is 13.5. The zero-order valence-electron chi connectivity index (χ0n) is 19.7. The summed E-state index contributed by atoms with van der Waals surface area (Å²) in [5, 5.41) is 2.65. The van der Waals surface area contributed by atoms with E-state index in [2.05, 4.69) is 5.32 Å². The van der Waals surface area contributed by atoms with Crippen LogP contribution in [0.3, 0.4) is 0 Å². The molecule has 3 aromatic rings. The summed E-state index contributed by atoms with van der Waals surface area (Å²) < 4.78 is 57.4. The Balaban J connectivity index is 1.76. The summed E-state index contributed by atoms with van der Waals surface area (Å²) >= 11 is 0. The fourth-order valence-electron chi connectivity index (χ4n) is 3.21. The van der Waals surface area contributed by atoms with E-state index >= 15 is 0 Å². The number of hydrogen-bond donors (Lipinski definition) is 1. The molecular formula is C25H27FN2O6S. The Bertz CT molecular complexity index is 1250. The minimum absolute atomic E-state index is 0.116. The molecule has 0 aliphatic carbocycles. The van der Waals surface area contributed by atoms with E-state index in [1.807, 2.05) is 31.2 Å². The number of nitrogens with one attached hydrogen (secondary N) is 1. The molecule has 0 aliphatic rings. The van der Waals surface area contributed by atoms with Crippen LogP contribution in [0.4, 0.5) is 10.1 Å². The number of carbonyl (C=O) groups excluding carboxylic acids is 1. The van der Waals surface area contributed by atoms with E-state index in [4.69, 9.17) is 14.2 Å². The van der Waals surface area contributed by atoms with Gasteiger partial charge >= 0.3 is 0 Å². The summed E-state index contributed by atoms with van der Waals surface area (Å²) in [6.45, 7) is 1.81. The highest BCUT2D eigenvalue weighted by Gasteiger charge is 2.28. The number of carbonyl (C=O) groups is 1. The van der Waals surface area contributed by atoms with E-state index in [9.17, 15) is 17.6 Å². The first kappa shape index (κ1) is 25.8. The zero-order chi connectivity index (χ0) is 25.4. The largest absolute Gasteiger partial charge is 0.493 e. The monoisotopic (exact) mass is 502 g/mol. The van der Waals surface area contributed by atoms with Gasteiger partial charge in [-0.2, -0.15) is 0 Å². The Morgan fingerprint density at radius 2 is 1.60 bits per heavy atom. The Morgan fingerprint density at radius 1 is 0.943 bits per heavy atom. The van der Waals surface area contributed by atoms with Crippen molar-refractivity contribution < 1.29 is 31.8 Å². The van der Waals surface area contributed by atoms with Crippen LogP contribution in [0.5, 0.6) is 17.2 Å². The first-order valence-electron chi connectivity index (χ1n) is 10.7. The summed E-state index contributed by atoms with van der Waals surface area (Å²) in [5.74, 6) is 0.145. The second-order valence-corrected chi connectivity index (χ2v) is 9.38. The van der Waals surface area contributed by atoms with Gasteiger partial charge in [-0.15, -0.1) is 0 Å². The Morgan fingerprint density at radius 3 is 2.23 bits per heavy atom. The minimum Gasteiger partial charge on any atom is -0.493 e. The van der Waals surface area contributed by atoms with Crippen molar-refractivity contribution in [3.05, 3.63) is 78.1 Å². The lowest BCUT2D eigenvalue weighted by Gasteiger charge is -2.24. The number of ether oxygens (including phenoxy) is 3. The molecular weight excluding hydrogens is 475 g/mol. The van der Waals surface area contributed by atoms with Gasteiger partial charge in [-0.3, -0.25) is 9.10 Å². The highest BCUT2D eigenvalue weighted by molar-refractivity contribution is 7.92. The molecule has 3 aromatic carbocycles. The zero-order valence-corrected chi connectivity index (χ0v) is 20.5. The van der Waals surface area contributed by atoms with E-state index in [-0.39, 0.29) is 29.5 Å². The van der Waals surface area contributed by atoms with Gasteiger partial charge in [0.25, 0.3) is 10.0 Å². The van der Waals surface area contributed by atoms with Gasteiger partial charge in [-0.05, 0) is 55.5 Å². The van der Waals surface area contributed by atoms with Crippen LogP contribution in [0.1, 0.15) is 5.56 Å². The van der Waals surface area contributed by atoms with Crippen molar-refractivity contribution in [3.8, 4) is 17.2 Å². The molecule has 0 spiro atoms. The average molecular weight is 503 g/mol. The fraction of sp³-hybridized carbons (Fsp3) is 0.240. The molecule has 8 nitrogen and oxygen atoms in total. The summed E-state index contributed by atoms with van der Waals surface area (Å²) in [4.78, 5) is 12.5. The van der Waals surface area contributed by atoms with Crippen LogP contribution in [-0.4, -0.2) is 48.2 Å². The van der Waals surface area contributed by atoms with Crippen LogP contribution in [0.25, 0.3) is 0 Å². The van der Waals surface area contributed by atoms with Crippen molar-refractivity contribution in [3.63, 3.8) is 0 Å². The van der Waals surface area contributed by atoms with Crippen LogP contribution in [0.15, 0.2) is 71.6 Å². The third-order valence-corrected chi connectivity index (χ3v) is 6.83. The number of nitrogens with zero attached hydrogens (tertiary/aromatic N) is 1. The summed E-state index contributed by atoms with van der Waals surface area (Å²) in [6.07, 6.45) is 0. The van der Waals surface area contributed by atoms with Crippen LogP contribution in [0, 0.1) is 12.7 Å². The third-order valence-electron chi connectivity index (χ3n) is 5.06. The van der Waals surface area contributed by atoms with Gasteiger partial charge in [0.05, 0.1) is 31.3 Å². The topological polar surface area (TPSA) is 94.2 Å². The number of aryl methyl sites for hydroxylation is 1. The summed E-state index contributed by atoms with van der Waals surface area (Å²) in [5.41, 5.74) is 1.23. The molecule has 0 unspecified atom stereocenters. The molecule has 0 bridgehead atoms. The molecule has 186 valence electrons. The predicted octanol–water partition coefficient (Wildman–Crippen LogP) is 3.54. The Kier molecular flexibility index (Phi) is 8.53. The maximum absolute atomic E-state index is 13.5. The van der Waals surface area contributed by atoms with Crippen LogP contribution < -0.4 is 23.8 Å². The van der Waals surface area contributed by atoms with Crippen LogP contribution in [-0.2, 0) is 14.8 Å². The molecule has 35 heavy (non-hydrogen) atoms. The predicted molar refractivity (Wildman–Crippen MR) is 130 cm³/mol. The van der Waals surface area contributed by atoms with Gasteiger partial charge in [0.1, 0.15) is 24.7 Å². The lowest BCUT2D eigenvalue weighted by atomic mass is 10.2. The van der Waals surface area contributed by atoms with Crippen molar-refractivity contribution in [2.24, 2.45) is 0 Å². The maximum Gasteiger partial charge on any atom is 0.264 e. The van der Waals surface area contributed by atoms with Crippen LogP contribution in [0.2, 0.25) is 0 Å². The van der Waals surface area contributed by atoms with Gasteiger partial charge in [0, 0.05) is 6.07 Å². The van der Waals surface area contributed by atoms with Gasteiger partial charge < -0.3 is 19.5 Å².